The Balaban J connectivity index is 2.74. The lowest BCUT2D eigenvalue weighted by Gasteiger charge is -2.12. The van der Waals surface area contributed by atoms with Crippen LogP contribution < -0.4 is 16.8 Å². The summed E-state index contributed by atoms with van der Waals surface area (Å²) < 4.78 is 17.6. The number of ether oxygens (including phenoxy) is 1. The van der Waals surface area contributed by atoms with E-state index in [9.17, 15) is 18.8 Å². The summed E-state index contributed by atoms with van der Waals surface area (Å²) >= 11 is 0. The Hall–Kier alpha value is -2.64. The van der Waals surface area contributed by atoms with Crippen molar-refractivity contribution in [2.24, 2.45) is 5.73 Å². The number of nitrogen functional groups attached to an aromatic ring is 1. The van der Waals surface area contributed by atoms with E-state index < -0.39 is 29.8 Å². The van der Waals surface area contributed by atoms with Gasteiger partial charge in [0.2, 0.25) is 0 Å². The summed E-state index contributed by atoms with van der Waals surface area (Å²) in [7, 11) is 0. The van der Waals surface area contributed by atoms with Crippen molar-refractivity contribution in [3.8, 4) is 0 Å². The Labute approximate surface area is 107 Å². The quantitative estimate of drug-likeness (QED) is 0.532. The Kier molecular flexibility index (Phi) is 4.41. The van der Waals surface area contributed by atoms with Gasteiger partial charge in [-0.05, 0) is 25.1 Å². The van der Waals surface area contributed by atoms with E-state index in [0.717, 1.165) is 18.2 Å². The van der Waals surface area contributed by atoms with Crippen LogP contribution >= 0.6 is 0 Å². The van der Waals surface area contributed by atoms with Crippen molar-refractivity contribution >= 4 is 23.6 Å². The fourth-order valence-corrected chi connectivity index (χ4v) is 1.22. The molecule has 0 bridgehead atoms. The maximum atomic E-state index is 12.8. The van der Waals surface area contributed by atoms with Crippen molar-refractivity contribution in [3.63, 3.8) is 0 Å². The smallest absolute Gasteiger partial charge is 0.341 e. The highest BCUT2D eigenvalue weighted by Crippen LogP contribution is 2.15. The van der Waals surface area contributed by atoms with Crippen LogP contribution in [-0.4, -0.2) is 24.0 Å². The van der Waals surface area contributed by atoms with Crippen LogP contribution in [0, 0.1) is 5.82 Å². The summed E-state index contributed by atoms with van der Waals surface area (Å²) in [5.74, 6) is -2.39. The summed E-state index contributed by atoms with van der Waals surface area (Å²) in [5, 5.41) is 1.75. The first kappa shape index (κ1) is 14.4. The van der Waals surface area contributed by atoms with E-state index in [2.05, 4.69) is 0 Å². The molecule has 1 aromatic rings. The van der Waals surface area contributed by atoms with Crippen LogP contribution in [0.4, 0.5) is 14.9 Å². The lowest BCUT2D eigenvalue weighted by molar-refractivity contribution is -0.127. The SMILES string of the molecule is C[C@H](OC(=O)c1ccc(F)cc1N)C(=O)NC(N)=O. The lowest BCUT2D eigenvalue weighted by Crippen LogP contribution is -2.42. The third kappa shape index (κ3) is 3.95. The topological polar surface area (TPSA) is 125 Å². The monoisotopic (exact) mass is 269 g/mol. The fraction of sp³-hybridized carbons (Fsp3) is 0.182. The molecule has 0 spiro atoms. The molecule has 19 heavy (non-hydrogen) atoms. The number of hydrogen-bond acceptors (Lipinski definition) is 5. The number of urea groups is 1. The number of nitrogens with two attached hydrogens (primary N) is 2. The third-order valence-electron chi connectivity index (χ3n) is 2.13. The largest absolute Gasteiger partial charge is 0.449 e. The molecule has 0 heterocycles. The standard InChI is InChI=1S/C11H12FN3O4/c1-5(9(16)15-11(14)18)19-10(17)7-3-2-6(12)4-8(7)13/h2-5H,13H2,1H3,(H3,14,15,16,18)/t5-/m0/s1. The van der Waals surface area contributed by atoms with Gasteiger partial charge >= 0.3 is 12.0 Å². The number of halogens is 1. The second kappa shape index (κ2) is 5.80. The van der Waals surface area contributed by atoms with Gasteiger partial charge in [0.05, 0.1) is 5.56 Å². The van der Waals surface area contributed by atoms with Crippen LogP contribution in [0.15, 0.2) is 18.2 Å². The molecule has 0 fully saturated rings. The van der Waals surface area contributed by atoms with Crippen LogP contribution in [0.25, 0.3) is 0 Å². The van der Waals surface area contributed by atoms with E-state index in [-0.39, 0.29) is 11.3 Å². The number of carbonyl (C=O) groups excluding carboxylic acids is 3. The van der Waals surface area contributed by atoms with Gasteiger partial charge in [0.15, 0.2) is 6.10 Å². The molecule has 1 rings (SSSR count). The summed E-state index contributed by atoms with van der Waals surface area (Å²) in [5.41, 5.74) is 9.98. The number of hydrogen-bond donors (Lipinski definition) is 3. The number of esters is 1. The zero-order chi connectivity index (χ0) is 14.6. The van der Waals surface area contributed by atoms with E-state index >= 15 is 0 Å². The molecule has 5 N–H and O–H groups in total. The first-order valence-electron chi connectivity index (χ1n) is 5.17. The number of imide groups is 1. The van der Waals surface area contributed by atoms with Crippen molar-refractivity contribution in [2.45, 2.75) is 13.0 Å². The van der Waals surface area contributed by atoms with Gasteiger partial charge in [-0.2, -0.15) is 0 Å². The molecule has 0 aliphatic rings. The molecule has 0 aliphatic heterocycles. The number of nitrogens with one attached hydrogen (secondary N) is 1. The molecular formula is C11H12FN3O4. The molecule has 0 radical (unpaired) electrons. The highest BCUT2D eigenvalue weighted by Gasteiger charge is 2.21. The second-order valence-electron chi connectivity index (χ2n) is 3.63. The Bertz CT molecular complexity index is 533. The molecule has 0 aromatic heterocycles. The molecule has 8 heteroatoms. The molecule has 3 amide bonds. The molecule has 0 unspecified atom stereocenters. The summed E-state index contributed by atoms with van der Waals surface area (Å²) in [4.78, 5) is 33.4. The molecule has 102 valence electrons. The fourth-order valence-electron chi connectivity index (χ4n) is 1.22. The Morgan fingerprint density at radius 1 is 1.37 bits per heavy atom. The van der Waals surface area contributed by atoms with Gasteiger partial charge in [-0.1, -0.05) is 0 Å². The van der Waals surface area contributed by atoms with E-state index in [1.54, 1.807) is 5.32 Å². The van der Waals surface area contributed by atoms with Gasteiger partial charge in [0, 0.05) is 5.69 Å². The van der Waals surface area contributed by atoms with E-state index in [0.29, 0.717) is 0 Å². The van der Waals surface area contributed by atoms with Crippen LogP contribution in [0.5, 0.6) is 0 Å². The van der Waals surface area contributed by atoms with E-state index in [4.69, 9.17) is 16.2 Å². The van der Waals surface area contributed by atoms with Gasteiger partial charge in [0.25, 0.3) is 5.91 Å². The van der Waals surface area contributed by atoms with Gasteiger partial charge < -0.3 is 16.2 Å². The summed E-state index contributed by atoms with van der Waals surface area (Å²) in [6.45, 7) is 1.25. The molecule has 1 aromatic carbocycles. The zero-order valence-electron chi connectivity index (χ0n) is 9.98. The van der Waals surface area contributed by atoms with Crippen molar-refractivity contribution < 1.29 is 23.5 Å². The average Bonchev–Trinajstić information content (AvgIpc) is 2.27. The average molecular weight is 269 g/mol. The summed E-state index contributed by atoms with van der Waals surface area (Å²) in [6.07, 6.45) is -1.25. The van der Waals surface area contributed by atoms with Crippen LogP contribution in [0.1, 0.15) is 17.3 Å². The first-order chi connectivity index (χ1) is 8.81. The number of benzene rings is 1. The Morgan fingerprint density at radius 3 is 2.53 bits per heavy atom. The van der Waals surface area contributed by atoms with Gasteiger partial charge in [-0.15, -0.1) is 0 Å². The molecule has 0 saturated heterocycles. The number of amides is 3. The first-order valence-corrected chi connectivity index (χ1v) is 5.17. The van der Waals surface area contributed by atoms with Crippen LogP contribution in [0.2, 0.25) is 0 Å². The maximum Gasteiger partial charge on any atom is 0.341 e. The minimum Gasteiger partial charge on any atom is -0.449 e. The third-order valence-corrected chi connectivity index (χ3v) is 2.13. The highest BCUT2D eigenvalue weighted by atomic mass is 19.1. The van der Waals surface area contributed by atoms with E-state index in [1.165, 1.54) is 6.92 Å². The number of primary amides is 1. The number of rotatable bonds is 3. The lowest BCUT2D eigenvalue weighted by atomic mass is 10.2. The molecular weight excluding hydrogens is 257 g/mol. The predicted molar refractivity (Wildman–Crippen MR) is 63.4 cm³/mol. The van der Waals surface area contributed by atoms with Gasteiger partial charge in [0.1, 0.15) is 5.82 Å². The minimum atomic E-state index is -1.25. The maximum absolute atomic E-state index is 12.8. The molecule has 0 saturated carbocycles. The van der Waals surface area contributed by atoms with Crippen LogP contribution in [-0.2, 0) is 9.53 Å². The molecule has 7 nitrogen and oxygen atoms in total. The highest BCUT2D eigenvalue weighted by molar-refractivity contribution is 5.99. The number of anilines is 1. The minimum absolute atomic E-state index is 0.0832. The van der Waals surface area contributed by atoms with Gasteiger partial charge in [-0.25, -0.2) is 14.0 Å². The summed E-state index contributed by atoms with van der Waals surface area (Å²) in [6, 6.07) is 2.05. The van der Waals surface area contributed by atoms with Crippen molar-refractivity contribution in [1.29, 1.82) is 0 Å². The number of carbonyl (C=O) groups is 3. The normalized spacial score (nSPS) is 11.5. The van der Waals surface area contributed by atoms with E-state index in [1.807, 2.05) is 0 Å². The van der Waals surface area contributed by atoms with Gasteiger partial charge in [-0.3, -0.25) is 10.1 Å². The molecule has 1 atom stereocenters. The second-order valence-corrected chi connectivity index (χ2v) is 3.63. The Morgan fingerprint density at radius 2 is 2.00 bits per heavy atom. The van der Waals surface area contributed by atoms with Crippen molar-refractivity contribution in [3.05, 3.63) is 29.6 Å². The predicted octanol–water partition coefficient (Wildman–Crippen LogP) is 0.148. The van der Waals surface area contributed by atoms with Crippen molar-refractivity contribution in [2.75, 3.05) is 5.73 Å². The zero-order valence-corrected chi connectivity index (χ0v) is 9.98. The molecule has 0 aliphatic carbocycles. The van der Waals surface area contributed by atoms with Crippen LogP contribution in [0.3, 0.4) is 0 Å². The van der Waals surface area contributed by atoms with Crippen molar-refractivity contribution in [1.82, 2.24) is 5.32 Å².